The quantitative estimate of drug-likeness (QED) is 0.801. The Morgan fingerprint density at radius 3 is 2.76 bits per heavy atom. The molecule has 2 N–H and O–H groups in total. The van der Waals surface area contributed by atoms with Crippen LogP contribution in [0, 0.1) is 0 Å². The number of rotatable bonds is 2. The summed E-state index contributed by atoms with van der Waals surface area (Å²) in [5.41, 5.74) is 6.64. The fourth-order valence-electron chi connectivity index (χ4n) is 2.12. The summed E-state index contributed by atoms with van der Waals surface area (Å²) in [4.78, 5) is 14.0. The highest BCUT2D eigenvalue weighted by Crippen LogP contribution is 2.18. The number of carbonyl (C=O) groups excluding carboxylic acids is 1. The van der Waals surface area contributed by atoms with E-state index in [4.69, 9.17) is 10.5 Å². The van der Waals surface area contributed by atoms with Gasteiger partial charge in [-0.15, -0.1) is 0 Å². The molecular formula is C11H18N4O2. The van der Waals surface area contributed by atoms with Crippen molar-refractivity contribution in [2.45, 2.75) is 18.9 Å². The van der Waals surface area contributed by atoms with E-state index in [2.05, 4.69) is 5.10 Å². The first-order chi connectivity index (χ1) is 8.11. The minimum atomic E-state index is -0.0746. The van der Waals surface area contributed by atoms with Gasteiger partial charge in [-0.2, -0.15) is 5.10 Å². The number of nitrogens with zero attached hydrogens (tertiary/aromatic N) is 3. The lowest BCUT2D eigenvalue weighted by atomic mass is 10.1. The van der Waals surface area contributed by atoms with Crippen LogP contribution in [0.5, 0.6) is 0 Å². The minimum Gasteiger partial charge on any atom is -0.396 e. The third kappa shape index (κ3) is 2.26. The Balaban J connectivity index is 2.14. The summed E-state index contributed by atoms with van der Waals surface area (Å²) in [5, 5.41) is 3.98. The van der Waals surface area contributed by atoms with Crippen molar-refractivity contribution in [2.75, 3.05) is 26.0 Å². The van der Waals surface area contributed by atoms with Gasteiger partial charge in [-0.3, -0.25) is 9.48 Å². The molecule has 1 saturated heterocycles. The Morgan fingerprint density at radius 1 is 1.59 bits per heavy atom. The summed E-state index contributed by atoms with van der Waals surface area (Å²) in [5.74, 6) is -0.0746. The summed E-state index contributed by atoms with van der Waals surface area (Å²) >= 11 is 0. The Morgan fingerprint density at radius 2 is 2.24 bits per heavy atom. The van der Waals surface area contributed by atoms with Crippen LogP contribution in [-0.4, -0.2) is 46.9 Å². The van der Waals surface area contributed by atoms with E-state index < -0.39 is 0 Å². The van der Waals surface area contributed by atoms with Crippen LogP contribution in [-0.2, 0) is 11.8 Å². The van der Waals surface area contributed by atoms with Crippen LogP contribution >= 0.6 is 0 Å². The number of amides is 1. The number of nitrogens with two attached hydrogens (primary N) is 1. The first kappa shape index (κ1) is 11.9. The first-order valence-corrected chi connectivity index (χ1v) is 5.73. The molecule has 1 fully saturated rings. The number of hydrogen-bond donors (Lipinski definition) is 1. The summed E-state index contributed by atoms with van der Waals surface area (Å²) < 4.78 is 6.81. The zero-order valence-electron chi connectivity index (χ0n) is 10.2. The van der Waals surface area contributed by atoms with Gasteiger partial charge >= 0.3 is 0 Å². The van der Waals surface area contributed by atoms with Crippen molar-refractivity contribution in [1.29, 1.82) is 0 Å². The molecule has 1 amide bonds. The fraction of sp³-hybridized carbons (Fsp3) is 0.636. The fourth-order valence-corrected chi connectivity index (χ4v) is 2.12. The Hall–Kier alpha value is -1.56. The van der Waals surface area contributed by atoms with Crippen molar-refractivity contribution in [2.24, 2.45) is 7.05 Å². The Labute approximate surface area is 100 Å². The Kier molecular flexibility index (Phi) is 3.33. The zero-order chi connectivity index (χ0) is 12.4. The molecule has 0 saturated carbocycles. The van der Waals surface area contributed by atoms with E-state index in [1.54, 1.807) is 11.9 Å². The molecule has 0 bridgehead atoms. The number of aromatic nitrogens is 2. The third-order valence-corrected chi connectivity index (χ3v) is 3.23. The number of anilines is 1. The molecule has 2 rings (SSSR count). The SMILES string of the molecule is CN(C(=O)c1c(N)cnn1C)C1CCOCC1. The van der Waals surface area contributed by atoms with E-state index in [0.29, 0.717) is 24.6 Å². The lowest BCUT2D eigenvalue weighted by Crippen LogP contribution is -2.41. The number of nitrogen functional groups attached to an aromatic ring is 1. The largest absolute Gasteiger partial charge is 0.396 e. The van der Waals surface area contributed by atoms with Crippen molar-refractivity contribution >= 4 is 11.6 Å². The molecule has 6 heteroatoms. The van der Waals surface area contributed by atoms with Crippen molar-refractivity contribution in [3.63, 3.8) is 0 Å². The van der Waals surface area contributed by atoms with Crippen LogP contribution < -0.4 is 5.73 Å². The number of carbonyl (C=O) groups is 1. The van der Waals surface area contributed by atoms with E-state index in [9.17, 15) is 4.79 Å². The first-order valence-electron chi connectivity index (χ1n) is 5.73. The molecule has 0 atom stereocenters. The Bertz CT molecular complexity index is 390. The van der Waals surface area contributed by atoms with Crippen LogP contribution in [0.4, 0.5) is 5.69 Å². The van der Waals surface area contributed by atoms with Crippen molar-refractivity contribution in [1.82, 2.24) is 14.7 Å². The standard InChI is InChI=1S/C11H18N4O2/c1-14(8-3-5-17-6-4-8)11(16)10-9(12)7-13-15(10)2/h7-8H,3-6,12H2,1-2H3. The number of aryl methyl sites for hydroxylation is 1. The van der Waals surface area contributed by atoms with Gasteiger partial charge in [0.1, 0.15) is 5.69 Å². The zero-order valence-corrected chi connectivity index (χ0v) is 10.2. The molecule has 0 unspecified atom stereocenters. The average molecular weight is 238 g/mol. The molecule has 0 aromatic carbocycles. The highest BCUT2D eigenvalue weighted by Gasteiger charge is 2.26. The predicted octanol–water partition coefficient (Wildman–Crippen LogP) is 0.253. The maximum absolute atomic E-state index is 12.3. The summed E-state index contributed by atoms with van der Waals surface area (Å²) in [6.07, 6.45) is 3.26. The number of hydrogen-bond acceptors (Lipinski definition) is 4. The molecule has 1 aromatic heterocycles. The van der Waals surface area contributed by atoms with E-state index in [1.807, 2.05) is 7.05 Å². The van der Waals surface area contributed by atoms with Gasteiger partial charge in [0.2, 0.25) is 0 Å². The second-order valence-corrected chi connectivity index (χ2v) is 4.33. The molecule has 6 nitrogen and oxygen atoms in total. The van der Waals surface area contributed by atoms with E-state index >= 15 is 0 Å². The smallest absolute Gasteiger partial charge is 0.274 e. The van der Waals surface area contributed by atoms with E-state index in [-0.39, 0.29) is 11.9 Å². The highest BCUT2D eigenvalue weighted by atomic mass is 16.5. The van der Waals surface area contributed by atoms with Gasteiger partial charge in [-0.05, 0) is 12.8 Å². The molecule has 0 spiro atoms. The van der Waals surface area contributed by atoms with Gasteiger partial charge in [-0.1, -0.05) is 0 Å². The van der Waals surface area contributed by atoms with Crippen LogP contribution in [0.1, 0.15) is 23.3 Å². The monoisotopic (exact) mass is 238 g/mol. The van der Waals surface area contributed by atoms with Crippen LogP contribution in [0.25, 0.3) is 0 Å². The third-order valence-electron chi connectivity index (χ3n) is 3.23. The number of ether oxygens (including phenoxy) is 1. The van der Waals surface area contributed by atoms with E-state index in [1.165, 1.54) is 10.9 Å². The van der Waals surface area contributed by atoms with Gasteiger partial charge in [0.05, 0.1) is 11.9 Å². The second kappa shape index (κ2) is 4.75. The molecule has 1 aliphatic rings. The van der Waals surface area contributed by atoms with E-state index in [0.717, 1.165) is 12.8 Å². The topological polar surface area (TPSA) is 73.4 Å². The molecule has 1 aliphatic heterocycles. The van der Waals surface area contributed by atoms with Crippen molar-refractivity contribution < 1.29 is 9.53 Å². The lowest BCUT2D eigenvalue weighted by Gasteiger charge is -2.31. The lowest BCUT2D eigenvalue weighted by molar-refractivity contribution is 0.0357. The van der Waals surface area contributed by atoms with Gasteiger partial charge in [0, 0.05) is 33.4 Å². The summed E-state index contributed by atoms with van der Waals surface area (Å²) in [6.45, 7) is 1.42. The van der Waals surface area contributed by atoms with Crippen molar-refractivity contribution in [3.05, 3.63) is 11.9 Å². The molecule has 0 radical (unpaired) electrons. The van der Waals surface area contributed by atoms with Crippen LogP contribution in [0.15, 0.2) is 6.20 Å². The summed E-state index contributed by atoms with van der Waals surface area (Å²) in [6, 6.07) is 0.227. The average Bonchev–Trinajstić information content (AvgIpc) is 2.68. The molecule has 0 aliphatic carbocycles. The molecule has 2 heterocycles. The predicted molar refractivity (Wildman–Crippen MR) is 63.6 cm³/mol. The van der Waals surface area contributed by atoms with Gasteiger partial charge < -0.3 is 15.4 Å². The van der Waals surface area contributed by atoms with Crippen molar-refractivity contribution in [3.8, 4) is 0 Å². The van der Waals surface area contributed by atoms with Gasteiger partial charge in [0.25, 0.3) is 5.91 Å². The maximum atomic E-state index is 12.3. The molecular weight excluding hydrogens is 220 g/mol. The van der Waals surface area contributed by atoms with Gasteiger partial charge in [0.15, 0.2) is 0 Å². The normalized spacial score (nSPS) is 17.1. The molecule has 1 aromatic rings. The second-order valence-electron chi connectivity index (χ2n) is 4.33. The molecule has 17 heavy (non-hydrogen) atoms. The van der Waals surface area contributed by atoms with Crippen LogP contribution in [0.3, 0.4) is 0 Å². The van der Waals surface area contributed by atoms with Gasteiger partial charge in [-0.25, -0.2) is 0 Å². The maximum Gasteiger partial charge on any atom is 0.274 e. The highest BCUT2D eigenvalue weighted by molar-refractivity contribution is 5.97. The van der Waals surface area contributed by atoms with Crippen LogP contribution in [0.2, 0.25) is 0 Å². The summed E-state index contributed by atoms with van der Waals surface area (Å²) in [7, 11) is 3.53. The minimum absolute atomic E-state index is 0.0746. The molecule has 94 valence electrons.